The third kappa shape index (κ3) is 4.75. The number of imidazole rings is 1. The van der Waals surface area contributed by atoms with Crippen LogP contribution in [-0.2, 0) is 0 Å². The SMILES string of the molecule is O=C(NCCN1CCCCC1)c1ccc(Nc2ccc(-c3ccc4c(O)[nH]cc4c3)n3ccnc23)cc1. The number of anilines is 2. The first-order valence-corrected chi connectivity index (χ1v) is 12.8. The Labute approximate surface area is 215 Å². The quantitative estimate of drug-likeness (QED) is 0.251. The van der Waals surface area contributed by atoms with Gasteiger partial charge in [0.25, 0.3) is 5.91 Å². The molecule has 0 atom stereocenters. The zero-order chi connectivity index (χ0) is 25.2. The first kappa shape index (κ1) is 23.1. The zero-order valence-corrected chi connectivity index (χ0v) is 20.6. The van der Waals surface area contributed by atoms with Crippen molar-refractivity contribution in [2.45, 2.75) is 19.3 Å². The molecule has 1 amide bonds. The lowest BCUT2D eigenvalue weighted by atomic mass is 10.1. The number of pyridine rings is 1. The molecule has 1 aliphatic heterocycles. The number of H-pyrrole nitrogens is 1. The number of fused-ring (bicyclic) bond motifs is 2. The van der Waals surface area contributed by atoms with Crippen LogP contribution in [0.5, 0.6) is 5.88 Å². The van der Waals surface area contributed by atoms with E-state index < -0.39 is 0 Å². The fourth-order valence-electron chi connectivity index (χ4n) is 5.10. The number of nitrogens with zero attached hydrogens (tertiary/aromatic N) is 3. The van der Waals surface area contributed by atoms with Crippen molar-refractivity contribution in [2.75, 3.05) is 31.5 Å². The number of benzene rings is 2. The van der Waals surface area contributed by atoms with Gasteiger partial charge in [-0.3, -0.25) is 9.20 Å². The van der Waals surface area contributed by atoms with E-state index in [9.17, 15) is 9.90 Å². The minimum Gasteiger partial charge on any atom is -0.494 e. The maximum absolute atomic E-state index is 12.6. The Hall–Kier alpha value is -4.30. The van der Waals surface area contributed by atoms with Crippen LogP contribution < -0.4 is 10.6 Å². The average Bonchev–Trinajstić information content (AvgIpc) is 3.57. The number of aromatic amines is 1. The van der Waals surface area contributed by atoms with Crippen LogP contribution in [0.2, 0.25) is 0 Å². The summed E-state index contributed by atoms with van der Waals surface area (Å²) in [4.78, 5) is 22.4. The van der Waals surface area contributed by atoms with Crippen LogP contribution >= 0.6 is 0 Å². The predicted molar refractivity (Wildman–Crippen MR) is 146 cm³/mol. The van der Waals surface area contributed by atoms with Gasteiger partial charge in [0.2, 0.25) is 0 Å². The molecule has 8 heteroatoms. The number of nitrogens with one attached hydrogen (secondary N) is 3. The summed E-state index contributed by atoms with van der Waals surface area (Å²) >= 11 is 0. The summed E-state index contributed by atoms with van der Waals surface area (Å²) in [5, 5.41) is 18.1. The minimum absolute atomic E-state index is 0.0451. The summed E-state index contributed by atoms with van der Waals surface area (Å²) < 4.78 is 2.04. The average molecular weight is 495 g/mol. The molecule has 5 aromatic rings. The van der Waals surface area contributed by atoms with E-state index in [-0.39, 0.29) is 11.8 Å². The van der Waals surface area contributed by atoms with Gasteiger partial charge in [-0.05, 0) is 80.0 Å². The van der Waals surface area contributed by atoms with Crippen LogP contribution in [0.15, 0.2) is 73.2 Å². The molecule has 2 aromatic carbocycles. The number of aromatic hydroxyl groups is 1. The van der Waals surface area contributed by atoms with Gasteiger partial charge >= 0.3 is 0 Å². The number of rotatable bonds is 7. The highest BCUT2D eigenvalue weighted by Crippen LogP contribution is 2.31. The Balaban J connectivity index is 1.15. The molecule has 37 heavy (non-hydrogen) atoms. The van der Waals surface area contributed by atoms with Gasteiger partial charge in [-0.25, -0.2) is 4.98 Å². The standard InChI is InChI=1S/C29H30N6O2/c36-28(31-12-16-34-14-2-1-3-15-34)20-4-7-23(8-5-20)33-25-10-11-26(35-17-13-30-27(25)35)21-6-9-24-22(18-21)19-32-29(24)37/h4-11,13,17-19,32-33,37H,1-3,12,14-16H2,(H,31,36). The van der Waals surface area contributed by atoms with Crippen molar-refractivity contribution in [2.24, 2.45) is 0 Å². The first-order chi connectivity index (χ1) is 18.2. The topological polar surface area (TPSA) is 97.7 Å². The van der Waals surface area contributed by atoms with Gasteiger partial charge in [0, 0.05) is 53.7 Å². The second kappa shape index (κ2) is 9.99. The number of carbonyl (C=O) groups excluding carboxylic acids is 1. The van der Waals surface area contributed by atoms with Crippen molar-refractivity contribution in [3.8, 4) is 17.1 Å². The van der Waals surface area contributed by atoms with Crippen molar-refractivity contribution in [1.29, 1.82) is 0 Å². The molecule has 3 aromatic heterocycles. The number of aromatic nitrogens is 3. The molecule has 1 aliphatic rings. The lowest BCUT2D eigenvalue weighted by Crippen LogP contribution is -2.37. The fraction of sp³-hybridized carbons (Fsp3) is 0.241. The van der Waals surface area contributed by atoms with Gasteiger partial charge in [-0.2, -0.15) is 0 Å². The van der Waals surface area contributed by atoms with Gasteiger partial charge in [0.1, 0.15) is 0 Å². The second-order valence-corrected chi connectivity index (χ2v) is 9.55. The lowest BCUT2D eigenvalue weighted by molar-refractivity contribution is 0.0946. The molecule has 0 unspecified atom stereocenters. The maximum Gasteiger partial charge on any atom is 0.251 e. The number of hydrogen-bond acceptors (Lipinski definition) is 5. The third-order valence-electron chi connectivity index (χ3n) is 7.10. The van der Waals surface area contributed by atoms with Crippen LogP contribution in [-0.4, -0.2) is 56.5 Å². The van der Waals surface area contributed by atoms with Crippen molar-refractivity contribution in [1.82, 2.24) is 24.6 Å². The lowest BCUT2D eigenvalue weighted by Gasteiger charge is -2.26. The van der Waals surface area contributed by atoms with E-state index >= 15 is 0 Å². The summed E-state index contributed by atoms with van der Waals surface area (Å²) in [6, 6.07) is 17.5. The third-order valence-corrected chi connectivity index (χ3v) is 7.10. The predicted octanol–water partition coefficient (Wildman–Crippen LogP) is 5.15. The van der Waals surface area contributed by atoms with E-state index in [1.165, 1.54) is 19.3 Å². The van der Waals surface area contributed by atoms with Crippen LogP contribution in [0.25, 0.3) is 27.7 Å². The summed E-state index contributed by atoms with van der Waals surface area (Å²) in [7, 11) is 0. The van der Waals surface area contributed by atoms with E-state index in [0.717, 1.165) is 58.7 Å². The molecule has 4 N–H and O–H groups in total. The molecule has 0 aliphatic carbocycles. The Bertz CT molecular complexity index is 1550. The van der Waals surface area contributed by atoms with Crippen LogP contribution in [0.4, 0.5) is 11.4 Å². The van der Waals surface area contributed by atoms with Crippen molar-refractivity contribution >= 4 is 33.7 Å². The Morgan fingerprint density at radius 1 is 1.03 bits per heavy atom. The maximum atomic E-state index is 12.6. The molecule has 0 bridgehead atoms. The molecule has 6 rings (SSSR count). The number of carbonyl (C=O) groups is 1. The largest absolute Gasteiger partial charge is 0.494 e. The van der Waals surface area contributed by atoms with Gasteiger partial charge in [0.05, 0.1) is 11.4 Å². The van der Waals surface area contributed by atoms with Crippen molar-refractivity contribution in [3.05, 3.63) is 78.8 Å². The molecule has 1 saturated heterocycles. The van der Waals surface area contributed by atoms with E-state index in [1.807, 2.05) is 59.1 Å². The molecule has 0 spiro atoms. The Morgan fingerprint density at radius 2 is 1.86 bits per heavy atom. The van der Waals surface area contributed by atoms with Gasteiger partial charge in [-0.1, -0.05) is 12.5 Å². The highest BCUT2D eigenvalue weighted by atomic mass is 16.3. The summed E-state index contributed by atoms with van der Waals surface area (Å²) in [5.41, 5.74) is 5.22. The number of amides is 1. The summed E-state index contributed by atoms with van der Waals surface area (Å²) in [5.74, 6) is 0.131. The van der Waals surface area contributed by atoms with Gasteiger partial charge in [0.15, 0.2) is 11.5 Å². The zero-order valence-electron chi connectivity index (χ0n) is 20.6. The van der Waals surface area contributed by atoms with E-state index in [4.69, 9.17) is 0 Å². The fourth-order valence-corrected chi connectivity index (χ4v) is 5.10. The minimum atomic E-state index is -0.0451. The normalized spacial score (nSPS) is 14.3. The van der Waals surface area contributed by atoms with Crippen LogP contribution in [0, 0.1) is 0 Å². The molecule has 188 valence electrons. The monoisotopic (exact) mass is 494 g/mol. The molecule has 0 radical (unpaired) electrons. The van der Waals surface area contributed by atoms with Crippen LogP contribution in [0.3, 0.4) is 0 Å². The molecule has 1 fully saturated rings. The van der Waals surface area contributed by atoms with Crippen LogP contribution in [0.1, 0.15) is 29.6 Å². The first-order valence-electron chi connectivity index (χ1n) is 12.8. The molecular formula is C29H30N6O2. The molecule has 4 heterocycles. The number of piperidine rings is 1. The number of hydrogen-bond donors (Lipinski definition) is 4. The van der Waals surface area contributed by atoms with Gasteiger partial charge in [-0.15, -0.1) is 0 Å². The number of likely N-dealkylation sites (tertiary alicyclic amines) is 1. The Kier molecular flexibility index (Phi) is 6.24. The van der Waals surface area contributed by atoms with E-state index in [2.05, 4.69) is 31.6 Å². The van der Waals surface area contributed by atoms with E-state index in [1.54, 1.807) is 12.4 Å². The second-order valence-electron chi connectivity index (χ2n) is 9.55. The molecule has 8 nitrogen and oxygen atoms in total. The van der Waals surface area contributed by atoms with E-state index in [0.29, 0.717) is 12.1 Å². The molecular weight excluding hydrogens is 464 g/mol. The summed E-state index contributed by atoms with van der Waals surface area (Å²) in [6.07, 6.45) is 9.34. The Morgan fingerprint density at radius 3 is 2.70 bits per heavy atom. The summed E-state index contributed by atoms with van der Waals surface area (Å²) in [6.45, 7) is 3.84. The smallest absolute Gasteiger partial charge is 0.251 e. The molecule has 0 saturated carbocycles. The van der Waals surface area contributed by atoms with Crippen molar-refractivity contribution < 1.29 is 9.90 Å². The highest BCUT2D eigenvalue weighted by Gasteiger charge is 2.13. The van der Waals surface area contributed by atoms with Gasteiger partial charge < -0.3 is 25.6 Å². The van der Waals surface area contributed by atoms with Crippen molar-refractivity contribution in [3.63, 3.8) is 0 Å². The highest BCUT2D eigenvalue weighted by molar-refractivity contribution is 5.95.